The summed E-state index contributed by atoms with van der Waals surface area (Å²) in [5.41, 5.74) is 1.82. The molecule has 1 atom stereocenters. The molecule has 0 saturated carbocycles. The van der Waals surface area contributed by atoms with E-state index in [-0.39, 0.29) is 0 Å². The molecule has 1 aromatic carbocycles. The number of aliphatic hydroxyl groups is 1. The number of benzene rings is 1. The van der Waals surface area contributed by atoms with Crippen molar-refractivity contribution < 1.29 is 5.11 Å². The van der Waals surface area contributed by atoms with Gasteiger partial charge in [-0.05, 0) is 62.0 Å². The van der Waals surface area contributed by atoms with Crippen molar-refractivity contribution in [3.05, 3.63) is 53.6 Å². The van der Waals surface area contributed by atoms with Crippen molar-refractivity contribution >= 4 is 54.8 Å². The molecule has 1 aromatic heterocycles. The first-order chi connectivity index (χ1) is 7.99. The fourth-order valence-corrected chi connectivity index (χ4v) is 3.73. The zero-order valence-corrected chi connectivity index (χ0v) is 13.6. The summed E-state index contributed by atoms with van der Waals surface area (Å²) in [5.74, 6) is 0. The third-order valence-electron chi connectivity index (χ3n) is 2.45. The first-order valence-electron chi connectivity index (χ1n) is 4.88. The molecule has 1 N–H and O–H groups in total. The van der Waals surface area contributed by atoms with E-state index >= 15 is 0 Å². The van der Waals surface area contributed by atoms with Crippen LogP contribution < -0.4 is 0 Å². The lowest BCUT2D eigenvalue weighted by molar-refractivity contribution is 0.224. The highest BCUT2D eigenvalue weighted by atomic mass is 79.9. The Morgan fingerprint density at radius 2 is 2.00 bits per heavy atom. The third-order valence-corrected chi connectivity index (χ3v) is 6.16. The van der Waals surface area contributed by atoms with Crippen LogP contribution >= 0.6 is 54.8 Å². The molecule has 0 aliphatic heterocycles. The van der Waals surface area contributed by atoms with Gasteiger partial charge in [0.05, 0.1) is 3.79 Å². The summed E-state index contributed by atoms with van der Waals surface area (Å²) in [7, 11) is 0. The SMILES string of the molecule is Cc1ccc(C(O)c2cc(Br)c(Br)s2)cc1Cl. The lowest BCUT2D eigenvalue weighted by Gasteiger charge is -2.10. The molecule has 5 heteroatoms. The van der Waals surface area contributed by atoms with E-state index in [0.717, 1.165) is 24.3 Å². The molecule has 0 aliphatic rings. The Bertz CT molecular complexity index is 534. The van der Waals surface area contributed by atoms with Crippen LogP contribution in [0, 0.1) is 6.92 Å². The minimum atomic E-state index is -0.638. The Hall–Kier alpha value is 0.130. The van der Waals surface area contributed by atoms with Crippen molar-refractivity contribution in [3.8, 4) is 0 Å². The molecule has 1 nitrogen and oxygen atoms in total. The third kappa shape index (κ3) is 2.93. The van der Waals surface area contributed by atoms with E-state index < -0.39 is 6.10 Å². The van der Waals surface area contributed by atoms with E-state index in [1.165, 1.54) is 11.3 Å². The summed E-state index contributed by atoms with van der Waals surface area (Å²) in [6.07, 6.45) is -0.638. The van der Waals surface area contributed by atoms with Gasteiger partial charge in [-0.3, -0.25) is 0 Å². The highest BCUT2D eigenvalue weighted by molar-refractivity contribution is 9.13. The molecule has 2 rings (SSSR count). The smallest absolute Gasteiger partial charge is 0.113 e. The molecular weight excluding hydrogens is 387 g/mol. The lowest BCUT2D eigenvalue weighted by Crippen LogP contribution is -1.97. The molecule has 0 spiro atoms. The second kappa shape index (κ2) is 5.41. The highest BCUT2D eigenvalue weighted by Crippen LogP contribution is 2.38. The second-order valence-corrected chi connectivity index (χ2v) is 7.34. The average Bonchev–Trinajstić information content (AvgIpc) is 2.62. The molecule has 1 unspecified atom stereocenters. The van der Waals surface area contributed by atoms with Crippen LogP contribution in [0.5, 0.6) is 0 Å². The van der Waals surface area contributed by atoms with Gasteiger partial charge in [-0.15, -0.1) is 11.3 Å². The van der Waals surface area contributed by atoms with Crippen LogP contribution in [-0.2, 0) is 0 Å². The van der Waals surface area contributed by atoms with E-state index in [0.29, 0.717) is 5.02 Å². The Labute approximate surface area is 126 Å². The molecule has 1 heterocycles. The molecule has 0 saturated heterocycles. The average molecular weight is 397 g/mol. The molecule has 0 amide bonds. The van der Waals surface area contributed by atoms with Gasteiger partial charge in [0.1, 0.15) is 6.10 Å². The number of aryl methyl sites for hydroxylation is 1. The summed E-state index contributed by atoms with van der Waals surface area (Å²) >= 11 is 14.4. The second-order valence-electron chi connectivity index (χ2n) is 3.68. The number of aliphatic hydroxyl groups excluding tert-OH is 1. The molecule has 0 fully saturated rings. The summed E-state index contributed by atoms with van der Waals surface area (Å²) < 4.78 is 1.93. The quantitative estimate of drug-likeness (QED) is 0.729. The summed E-state index contributed by atoms with van der Waals surface area (Å²) in [4.78, 5) is 0.878. The van der Waals surface area contributed by atoms with Crippen LogP contribution in [-0.4, -0.2) is 5.11 Å². The predicted octanol–water partition coefficient (Wildman–Crippen LogP) is 5.32. The molecular formula is C12H9Br2ClOS. The minimum Gasteiger partial charge on any atom is -0.383 e. The number of thiophene rings is 1. The first-order valence-corrected chi connectivity index (χ1v) is 7.66. The Kier molecular flexibility index (Phi) is 4.31. The van der Waals surface area contributed by atoms with Crippen LogP contribution in [0.3, 0.4) is 0 Å². The van der Waals surface area contributed by atoms with Crippen molar-refractivity contribution in [2.75, 3.05) is 0 Å². The van der Waals surface area contributed by atoms with Crippen LogP contribution in [0.15, 0.2) is 32.5 Å². The number of rotatable bonds is 2. The summed E-state index contributed by atoms with van der Waals surface area (Å²) in [6, 6.07) is 7.53. The first kappa shape index (κ1) is 13.6. The van der Waals surface area contributed by atoms with Crippen molar-refractivity contribution in [1.82, 2.24) is 0 Å². The topological polar surface area (TPSA) is 20.2 Å². The fraction of sp³-hybridized carbons (Fsp3) is 0.167. The minimum absolute atomic E-state index is 0.638. The maximum Gasteiger partial charge on any atom is 0.113 e. The van der Waals surface area contributed by atoms with E-state index in [1.54, 1.807) is 0 Å². The van der Waals surface area contributed by atoms with Crippen LogP contribution in [0.25, 0.3) is 0 Å². The van der Waals surface area contributed by atoms with E-state index in [2.05, 4.69) is 31.9 Å². The van der Waals surface area contributed by atoms with Crippen molar-refractivity contribution in [3.63, 3.8) is 0 Å². The van der Waals surface area contributed by atoms with Gasteiger partial charge < -0.3 is 5.11 Å². The summed E-state index contributed by atoms with van der Waals surface area (Å²) in [5, 5.41) is 10.9. The maximum absolute atomic E-state index is 10.3. The maximum atomic E-state index is 10.3. The molecule has 0 radical (unpaired) electrons. The molecule has 2 aromatic rings. The standard InChI is InChI=1S/C12H9Br2ClOS/c1-6-2-3-7(4-9(6)15)11(16)10-5-8(13)12(14)17-10/h2-5,11,16H,1H3. The Morgan fingerprint density at radius 3 is 2.53 bits per heavy atom. The van der Waals surface area contributed by atoms with Gasteiger partial charge in [0.25, 0.3) is 0 Å². The van der Waals surface area contributed by atoms with E-state index in [4.69, 9.17) is 11.6 Å². The van der Waals surface area contributed by atoms with Crippen molar-refractivity contribution in [2.45, 2.75) is 13.0 Å². The van der Waals surface area contributed by atoms with E-state index in [9.17, 15) is 5.11 Å². The van der Waals surface area contributed by atoms with Crippen LogP contribution in [0.1, 0.15) is 22.1 Å². The predicted molar refractivity (Wildman–Crippen MR) is 80.0 cm³/mol. The molecule has 90 valence electrons. The van der Waals surface area contributed by atoms with Gasteiger partial charge in [-0.2, -0.15) is 0 Å². The van der Waals surface area contributed by atoms with Gasteiger partial charge in [0.15, 0.2) is 0 Å². The lowest BCUT2D eigenvalue weighted by atomic mass is 10.1. The molecule has 17 heavy (non-hydrogen) atoms. The Balaban J connectivity index is 2.36. The van der Waals surface area contributed by atoms with Crippen LogP contribution in [0.4, 0.5) is 0 Å². The van der Waals surface area contributed by atoms with E-state index in [1.807, 2.05) is 31.2 Å². The molecule has 0 aliphatic carbocycles. The zero-order valence-electron chi connectivity index (χ0n) is 8.88. The number of hydrogen-bond acceptors (Lipinski definition) is 2. The van der Waals surface area contributed by atoms with Gasteiger partial charge >= 0.3 is 0 Å². The van der Waals surface area contributed by atoms with Crippen LogP contribution in [0.2, 0.25) is 5.02 Å². The van der Waals surface area contributed by atoms with Crippen molar-refractivity contribution in [1.29, 1.82) is 0 Å². The van der Waals surface area contributed by atoms with Gasteiger partial charge in [-0.1, -0.05) is 23.7 Å². The Morgan fingerprint density at radius 1 is 1.29 bits per heavy atom. The monoisotopic (exact) mass is 394 g/mol. The molecule has 0 bridgehead atoms. The van der Waals surface area contributed by atoms with Gasteiger partial charge in [0.2, 0.25) is 0 Å². The zero-order chi connectivity index (χ0) is 12.6. The normalized spacial score (nSPS) is 12.8. The fourth-order valence-electron chi connectivity index (χ4n) is 1.44. The highest BCUT2D eigenvalue weighted by Gasteiger charge is 2.15. The number of hydrogen-bond donors (Lipinski definition) is 1. The largest absolute Gasteiger partial charge is 0.383 e. The van der Waals surface area contributed by atoms with Gasteiger partial charge in [-0.25, -0.2) is 0 Å². The van der Waals surface area contributed by atoms with Crippen molar-refractivity contribution in [2.24, 2.45) is 0 Å². The van der Waals surface area contributed by atoms with Gasteiger partial charge in [0, 0.05) is 14.4 Å². The summed E-state index contributed by atoms with van der Waals surface area (Å²) in [6.45, 7) is 1.94. The number of halogens is 3.